The van der Waals surface area contributed by atoms with Crippen molar-refractivity contribution in [3.63, 3.8) is 0 Å². The van der Waals surface area contributed by atoms with Crippen LogP contribution in [0.25, 0.3) is 0 Å². The molecule has 2 aromatic rings. The molecule has 0 spiro atoms. The molecule has 1 saturated heterocycles. The minimum Gasteiger partial charge on any atom is -0.368 e. The Balaban J connectivity index is 1.84. The SMILES string of the molecule is C=CCN1C(=O)C(=O)N(Cc2nc(N)nc(Nc3ccccc3C)n2)C1=O. The van der Waals surface area contributed by atoms with Gasteiger partial charge in [0.25, 0.3) is 0 Å². The van der Waals surface area contributed by atoms with Crippen molar-refractivity contribution < 1.29 is 14.4 Å². The summed E-state index contributed by atoms with van der Waals surface area (Å²) < 4.78 is 0. The second kappa shape index (κ2) is 7.20. The fourth-order valence-electron chi connectivity index (χ4n) is 2.52. The highest BCUT2D eigenvalue weighted by molar-refractivity contribution is 6.44. The summed E-state index contributed by atoms with van der Waals surface area (Å²) in [6.07, 6.45) is 1.36. The van der Waals surface area contributed by atoms with Crippen molar-refractivity contribution in [2.75, 3.05) is 17.6 Å². The van der Waals surface area contributed by atoms with Gasteiger partial charge in [0, 0.05) is 12.2 Å². The summed E-state index contributed by atoms with van der Waals surface area (Å²) in [7, 11) is 0. The van der Waals surface area contributed by atoms with Gasteiger partial charge in [-0.25, -0.2) is 9.69 Å². The van der Waals surface area contributed by atoms with Gasteiger partial charge in [-0.3, -0.25) is 14.5 Å². The fourth-order valence-corrected chi connectivity index (χ4v) is 2.52. The Bertz CT molecular complexity index is 944. The Labute approximate surface area is 154 Å². The van der Waals surface area contributed by atoms with E-state index in [1.165, 1.54) is 6.08 Å². The van der Waals surface area contributed by atoms with Crippen molar-refractivity contribution in [2.45, 2.75) is 13.5 Å². The zero-order chi connectivity index (χ0) is 19.6. The fraction of sp³-hybridized carbons (Fsp3) is 0.176. The lowest BCUT2D eigenvalue weighted by atomic mass is 10.2. The summed E-state index contributed by atoms with van der Waals surface area (Å²) in [5.74, 6) is -1.70. The molecule has 3 N–H and O–H groups in total. The number of carbonyl (C=O) groups excluding carboxylic acids is 3. The number of imide groups is 2. The minimum atomic E-state index is -0.950. The summed E-state index contributed by atoms with van der Waals surface area (Å²) in [5, 5.41) is 3.02. The summed E-state index contributed by atoms with van der Waals surface area (Å²) in [6, 6.07) is 6.74. The van der Waals surface area contributed by atoms with Crippen molar-refractivity contribution >= 4 is 35.4 Å². The number of nitrogens with two attached hydrogens (primary N) is 1. The van der Waals surface area contributed by atoms with Gasteiger partial charge in [0.2, 0.25) is 11.9 Å². The molecular weight excluding hydrogens is 350 g/mol. The largest absolute Gasteiger partial charge is 0.368 e. The number of aromatic nitrogens is 3. The number of amides is 4. The molecule has 27 heavy (non-hydrogen) atoms. The molecule has 0 radical (unpaired) electrons. The lowest BCUT2D eigenvalue weighted by molar-refractivity contribution is -0.143. The van der Waals surface area contributed by atoms with Crippen LogP contribution in [0, 0.1) is 6.92 Å². The molecule has 1 aliphatic heterocycles. The number of rotatable bonds is 6. The van der Waals surface area contributed by atoms with Crippen molar-refractivity contribution in [1.29, 1.82) is 0 Å². The van der Waals surface area contributed by atoms with E-state index in [0.29, 0.717) is 0 Å². The van der Waals surface area contributed by atoms with E-state index in [-0.39, 0.29) is 30.8 Å². The van der Waals surface area contributed by atoms with Gasteiger partial charge in [-0.15, -0.1) is 6.58 Å². The molecule has 3 rings (SSSR count). The van der Waals surface area contributed by atoms with Crippen LogP contribution in [0.3, 0.4) is 0 Å². The number of para-hydroxylation sites is 1. The zero-order valence-corrected chi connectivity index (χ0v) is 14.5. The topological polar surface area (TPSA) is 134 Å². The standard InChI is InChI=1S/C17H17N7O3/c1-3-8-23-13(25)14(26)24(17(23)27)9-12-20-15(18)22-16(21-12)19-11-7-5-4-6-10(11)2/h3-7H,1,8-9H2,2H3,(H3,18,19,20,21,22). The number of urea groups is 1. The Morgan fingerprint density at radius 1 is 1.11 bits per heavy atom. The monoisotopic (exact) mass is 367 g/mol. The Morgan fingerprint density at radius 2 is 1.81 bits per heavy atom. The molecule has 138 valence electrons. The number of aryl methyl sites for hydroxylation is 1. The van der Waals surface area contributed by atoms with E-state index >= 15 is 0 Å². The van der Waals surface area contributed by atoms with Crippen molar-refractivity contribution in [2.24, 2.45) is 0 Å². The van der Waals surface area contributed by atoms with Gasteiger partial charge in [0.15, 0.2) is 5.82 Å². The Morgan fingerprint density at radius 3 is 2.52 bits per heavy atom. The van der Waals surface area contributed by atoms with Gasteiger partial charge in [-0.1, -0.05) is 24.3 Å². The van der Waals surface area contributed by atoms with Gasteiger partial charge < -0.3 is 11.1 Å². The number of nitrogens with zero attached hydrogens (tertiary/aromatic N) is 5. The molecule has 0 aliphatic carbocycles. The highest BCUT2D eigenvalue weighted by Crippen LogP contribution is 2.19. The highest BCUT2D eigenvalue weighted by atomic mass is 16.2. The zero-order valence-electron chi connectivity index (χ0n) is 14.5. The van der Waals surface area contributed by atoms with Gasteiger partial charge in [-0.05, 0) is 18.6 Å². The molecule has 0 bridgehead atoms. The first kappa shape index (κ1) is 18.0. The number of hydrogen-bond donors (Lipinski definition) is 2. The smallest absolute Gasteiger partial charge is 0.334 e. The Hall–Kier alpha value is -3.82. The summed E-state index contributed by atoms with van der Waals surface area (Å²) in [5.41, 5.74) is 7.45. The van der Waals surface area contributed by atoms with E-state index in [1.54, 1.807) is 0 Å². The molecule has 1 aromatic carbocycles. The van der Waals surface area contributed by atoms with Crippen LogP contribution in [0.1, 0.15) is 11.4 Å². The molecule has 0 unspecified atom stereocenters. The number of nitrogens with one attached hydrogen (secondary N) is 1. The first-order valence-corrected chi connectivity index (χ1v) is 8.02. The molecule has 0 atom stereocenters. The molecule has 10 heteroatoms. The second-order valence-corrected chi connectivity index (χ2v) is 5.75. The van der Waals surface area contributed by atoms with Crippen LogP contribution in [0.4, 0.5) is 22.4 Å². The number of nitrogen functional groups attached to an aromatic ring is 1. The number of benzene rings is 1. The van der Waals surface area contributed by atoms with Crippen LogP contribution in [0.15, 0.2) is 36.9 Å². The molecular formula is C17H17N7O3. The normalized spacial score (nSPS) is 14.0. The predicted octanol–water partition coefficient (Wildman–Crippen LogP) is 0.983. The minimum absolute atomic E-state index is 0.0562. The van der Waals surface area contributed by atoms with E-state index in [1.807, 2.05) is 31.2 Å². The molecule has 10 nitrogen and oxygen atoms in total. The van der Waals surface area contributed by atoms with Crippen LogP contribution in [0.2, 0.25) is 0 Å². The lowest BCUT2D eigenvalue weighted by Gasteiger charge is -2.14. The van der Waals surface area contributed by atoms with Gasteiger partial charge in [-0.2, -0.15) is 15.0 Å². The maximum Gasteiger partial charge on any atom is 0.334 e. The molecule has 4 amide bonds. The first-order chi connectivity index (χ1) is 12.9. The van der Waals surface area contributed by atoms with E-state index in [0.717, 1.165) is 21.1 Å². The molecule has 1 fully saturated rings. The van der Waals surface area contributed by atoms with Crippen LogP contribution in [0.5, 0.6) is 0 Å². The Kier molecular flexibility index (Phi) is 4.79. The highest BCUT2D eigenvalue weighted by Gasteiger charge is 2.44. The van der Waals surface area contributed by atoms with Gasteiger partial charge in [0.05, 0.1) is 6.54 Å². The van der Waals surface area contributed by atoms with Crippen molar-refractivity contribution in [1.82, 2.24) is 24.8 Å². The number of hydrogen-bond acceptors (Lipinski definition) is 8. The lowest BCUT2D eigenvalue weighted by Crippen LogP contribution is -2.33. The summed E-state index contributed by atoms with van der Waals surface area (Å²) in [4.78, 5) is 49.9. The van der Waals surface area contributed by atoms with Gasteiger partial charge >= 0.3 is 17.8 Å². The van der Waals surface area contributed by atoms with Crippen molar-refractivity contribution in [3.05, 3.63) is 48.3 Å². The number of anilines is 3. The third-order valence-electron chi connectivity index (χ3n) is 3.84. The van der Waals surface area contributed by atoms with Crippen LogP contribution in [-0.4, -0.2) is 49.1 Å². The average Bonchev–Trinajstić information content (AvgIpc) is 2.82. The van der Waals surface area contributed by atoms with E-state index in [4.69, 9.17) is 5.73 Å². The predicted molar refractivity (Wildman–Crippen MR) is 96.6 cm³/mol. The first-order valence-electron chi connectivity index (χ1n) is 8.02. The quantitative estimate of drug-likeness (QED) is 0.438. The third-order valence-corrected chi connectivity index (χ3v) is 3.84. The van der Waals surface area contributed by atoms with Gasteiger partial charge in [0.1, 0.15) is 0 Å². The van der Waals surface area contributed by atoms with Crippen LogP contribution in [-0.2, 0) is 16.1 Å². The maximum atomic E-state index is 12.3. The van der Waals surface area contributed by atoms with E-state index in [9.17, 15) is 14.4 Å². The average molecular weight is 367 g/mol. The van der Waals surface area contributed by atoms with E-state index < -0.39 is 17.8 Å². The third kappa shape index (κ3) is 3.59. The maximum absolute atomic E-state index is 12.3. The van der Waals surface area contributed by atoms with E-state index in [2.05, 4.69) is 26.8 Å². The summed E-state index contributed by atoms with van der Waals surface area (Å²) in [6.45, 7) is 5.02. The van der Waals surface area contributed by atoms with Crippen LogP contribution < -0.4 is 11.1 Å². The van der Waals surface area contributed by atoms with Crippen LogP contribution >= 0.6 is 0 Å². The summed E-state index contributed by atoms with van der Waals surface area (Å²) >= 11 is 0. The van der Waals surface area contributed by atoms with Crippen molar-refractivity contribution in [3.8, 4) is 0 Å². The molecule has 2 heterocycles. The molecule has 0 saturated carbocycles. The molecule has 1 aromatic heterocycles. The second-order valence-electron chi connectivity index (χ2n) is 5.75. The number of carbonyl (C=O) groups is 3. The molecule has 1 aliphatic rings.